The van der Waals surface area contributed by atoms with Gasteiger partial charge in [0.2, 0.25) is 0 Å². The van der Waals surface area contributed by atoms with Gasteiger partial charge in [-0.25, -0.2) is 9.59 Å². The summed E-state index contributed by atoms with van der Waals surface area (Å²) >= 11 is 9.39. The molecule has 31 heavy (non-hydrogen) atoms. The van der Waals surface area contributed by atoms with E-state index in [4.69, 9.17) is 16.3 Å². The molecule has 0 spiro atoms. The monoisotopic (exact) mass is 507 g/mol. The maximum Gasteiger partial charge on any atom is 0.343 e. The zero-order valence-corrected chi connectivity index (χ0v) is 19.0. The maximum atomic E-state index is 13.1. The number of amides is 3. The fourth-order valence-electron chi connectivity index (χ4n) is 3.02. The van der Waals surface area contributed by atoms with Gasteiger partial charge in [0.05, 0.1) is 23.2 Å². The molecule has 3 rings (SSSR count). The van der Waals surface area contributed by atoms with E-state index >= 15 is 0 Å². The molecule has 1 aliphatic heterocycles. The minimum atomic E-state index is -0.709. The molecule has 0 unspecified atom stereocenters. The molecule has 8 nitrogen and oxygen atoms in total. The molecule has 0 aliphatic carbocycles. The first-order valence-corrected chi connectivity index (χ1v) is 10.3. The van der Waals surface area contributed by atoms with Gasteiger partial charge in [-0.3, -0.25) is 4.79 Å². The first-order chi connectivity index (χ1) is 14.8. The van der Waals surface area contributed by atoms with Gasteiger partial charge in [-0.2, -0.15) is 0 Å². The van der Waals surface area contributed by atoms with Crippen molar-refractivity contribution in [2.24, 2.45) is 0 Å². The molecule has 2 aromatic carbocycles. The number of carbonyl (C=O) groups is 3. The van der Waals surface area contributed by atoms with E-state index in [9.17, 15) is 14.4 Å². The van der Waals surface area contributed by atoms with Crippen LogP contribution in [0.1, 0.15) is 18.5 Å². The van der Waals surface area contributed by atoms with Gasteiger partial charge in [0, 0.05) is 16.4 Å². The van der Waals surface area contributed by atoms with E-state index < -0.39 is 18.0 Å². The predicted octanol–water partition coefficient (Wildman–Crippen LogP) is 3.92. The molecule has 10 heteroatoms. The smallest absolute Gasteiger partial charge is 0.343 e. The summed E-state index contributed by atoms with van der Waals surface area (Å²) < 4.78 is 10.5. The minimum absolute atomic E-state index is 0.245. The van der Waals surface area contributed by atoms with Crippen LogP contribution in [0.4, 0.5) is 10.5 Å². The molecule has 0 saturated heterocycles. The Morgan fingerprint density at radius 3 is 2.68 bits per heavy atom. The fourth-order valence-corrected chi connectivity index (χ4v) is 3.72. The van der Waals surface area contributed by atoms with Gasteiger partial charge in [0.15, 0.2) is 6.61 Å². The third-order valence-electron chi connectivity index (χ3n) is 4.46. The van der Waals surface area contributed by atoms with Crippen LogP contribution in [0.5, 0.6) is 5.75 Å². The van der Waals surface area contributed by atoms with E-state index in [2.05, 4.69) is 36.6 Å². The summed E-state index contributed by atoms with van der Waals surface area (Å²) in [4.78, 5) is 36.4. The highest BCUT2D eigenvalue weighted by molar-refractivity contribution is 9.10. The highest BCUT2D eigenvalue weighted by Crippen LogP contribution is 2.33. The molecule has 0 fully saturated rings. The van der Waals surface area contributed by atoms with Crippen molar-refractivity contribution in [1.29, 1.82) is 0 Å². The van der Waals surface area contributed by atoms with E-state index in [0.29, 0.717) is 37.8 Å². The number of esters is 1. The molecule has 3 amide bonds. The molecule has 1 aliphatic rings. The summed E-state index contributed by atoms with van der Waals surface area (Å²) in [6.45, 7) is 1.41. The standard InChI is InChI=1S/C21H19BrClN3O5/c1-11-18(20(28)25-14-5-3-4-13(23)9-14)19(26-21(29)24-11)12-6-7-16(15(22)8-12)31-10-17(27)30-2/h3-9,19H,10H2,1-2H3,(H,25,28)(H2,24,26,29)/t19-/m1/s1. The van der Waals surface area contributed by atoms with Gasteiger partial charge in [-0.05, 0) is 58.7 Å². The summed E-state index contributed by atoms with van der Waals surface area (Å²) in [6.07, 6.45) is 0. The number of benzene rings is 2. The lowest BCUT2D eigenvalue weighted by Crippen LogP contribution is -2.46. The lowest BCUT2D eigenvalue weighted by atomic mass is 9.94. The predicted molar refractivity (Wildman–Crippen MR) is 119 cm³/mol. The molecular formula is C21H19BrClN3O5. The Balaban J connectivity index is 1.88. The fraction of sp³-hybridized carbons (Fsp3) is 0.190. The van der Waals surface area contributed by atoms with Crippen LogP contribution in [0.25, 0.3) is 0 Å². The van der Waals surface area contributed by atoms with E-state index in [1.807, 2.05) is 0 Å². The third kappa shape index (κ3) is 5.56. The zero-order valence-electron chi connectivity index (χ0n) is 16.6. The molecule has 2 aromatic rings. The first kappa shape index (κ1) is 22.6. The Kier molecular flexibility index (Phi) is 7.19. The molecule has 0 radical (unpaired) electrons. The van der Waals surface area contributed by atoms with Crippen LogP contribution in [0.2, 0.25) is 5.02 Å². The third-order valence-corrected chi connectivity index (χ3v) is 5.31. The molecule has 0 saturated carbocycles. The molecule has 0 aromatic heterocycles. The number of ether oxygens (including phenoxy) is 2. The SMILES string of the molecule is COC(=O)COc1ccc([C@H]2NC(=O)NC(C)=C2C(=O)Nc2cccc(Cl)c2)cc1Br. The van der Waals surface area contributed by atoms with Crippen LogP contribution >= 0.6 is 27.5 Å². The highest BCUT2D eigenvalue weighted by atomic mass is 79.9. The van der Waals surface area contributed by atoms with Crippen LogP contribution in [0.3, 0.4) is 0 Å². The molecule has 0 bridgehead atoms. The van der Waals surface area contributed by atoms with Crippen molar-refractivity contribution < 1.29 is 23.9 Å². The average Bonchev–Trinajstić information content (AvgIpc) is 2.71. The average molecular weight is 509 g/mol. The second-order valence-electron chi connectivity index (χ2n) is 6.59. The minimum Gasteiger partial charge on any atom is -0.481 e. The summed E-state index contributed by atoms with van der Waals surface area (Å²) in [5, 5.41) is 8.68. The molecule has 162 valence electrons. The number of rotatable bonds is 6. The van der Waals surface area contributed by atoms with E-state index in [-0.39, 0.29) is 12.5 Å². The van der Waals surface area contributed by atoms with Crippen LogP contribution in [0, 0.1) is 0 Å². The lowest BCUT2D eigenvalue weighted by Gasteiger charge is -2.29. The van der Waals surface area contributed by atoms with Gasteiger partial charge in [-0.15, -0.1) is 0 Å². The Labute approximate surface area is 192 Å². The topological polar surface area (TPSA) is 106 Å². The normalized spacial score (nSPS) is 15.6. The Morgan fingerprint density at radius 2 is 2.00 bits per heavy atom. The summed E-state index contributed by atoms with van der Waals surface area (Å²) in [6, 6.07) is 10.7. The number of hydrogen-bond donors (Lipinski definition) is 3. The number of allylic oxidation sites excluding steroid dienone is 1. The van der Waals surface area contributed by atoms with Gasteiger partial charge in [0.25, 0.3) is 5.91 Å². The van der Waals surface area contributed by atoms with Crippen LogP contribution in [-0.2, 0) is 14.3 Å². The van der Waals surface area contributed by atoms with Crippen molar-refractivity contribution in [1.82, 2.24) is 10.6 Å². The Hall–Kier alpha value is -3.04. The van der Waals surface area contributed by atoms with Crippen LogP contribution < -0.4 is 20.7 Å². The van der Waals surface area contributed by atoms with Crippen LogP contribution in [-0.4, -0.2) is 31.6 Å². The number of urea groups is 1. The van der Waals surface area contributed by atoms with E-state index in [1.165, 1.54) is 7.11 Å². The van der Waals surface area contributed by atoms with E-state index in [1.54, 1.807) is 49.4 Å². The van der Waals surface area contributed by atoms with Crippen molar-refractivity contribution in [3.63, 3.8) is 0 Å². The Bertz CT molecular complexity index is 1070. The number of methoxy groups -OCH3 is 1. The molecule has 3 N–H and O–H groups in total. The second kappa shape index (κ2) is 9.84. The number of halogens is 2. The number of carbonyl (C=O) groups excluding carboxylic acids is 3. The first-order valence-electron chi connectivity index (χ1n) is 9.12. The van der Waals surface area contributed by atoms with Crippen molar-refractivity contribution in [2.75, 3.05) is 19.0 Å². The van der Waals surface area contributed by atoms with Crippen LogP contribution in [0.15, 0.2) is 58.2 Å². The number of anilines is 1. The molecule has 1 atom stereocenters. The highest BCUT2D eigenvalue weighted by Gasteiger charge is 2.31. The van der Waals surface area contributed by atoms with Crippen molar-refractivity contribution >= 4 is 51.1 Å². The van der Waals surface area contributed by atoms with Gasteiger partial charge in [0.1, 0.15) is 5.75 Å². The maximum absolute atomic E-state index is 13.1. The Morgan fingerprint density at radius 1 is 1.23 bits per heavy atom. The molecular weight excluding hydrogens is 490 g/mol. The second-order valence-corrected chi connectivity index (χ2v) is 7.88. The van der Waals surface area contributed by atoms with Gasteiger partial charge < -0.3 is 25.4 Å². The quantitative estimate of drug-likeness (QED) is 0.513. The van der Waals surface area contributed by atoms with Crippen molar-refractivity contribution in [3.8, 4) is 5.75 Å². The zero-order chi connectivity index (χ0) is 22.5. The summed E-state index contributed by atoms with van der Waals surface area (Å²) in [5.41, 5.74) is 1.94. The van der Waals surface area contributed by atoms with Crippen molar-refractivity contribution in [2.45, 2.75) is 13.0 Å². The summed E-state index contributed by atoms with van der Waals surface area (Å²) in [7, 11) is 1.27. The largest absolute Gasteiger partial charge is 0.481 e. The van der Waals surface area contributed by atoms with Crippen molar-refractivity contribution in [3.05, 3.63) is 68.8 Å². The van der Waals surface area contributed by atoms with E-state index in [0.717, 1.165) is 0 Å². The summed E-state index contributed by atoms with van der Waals surface area (Å²) in [5.74, 6) is -0.487. The lowest BCUT2D eigenvalue weighted by molar-refractivity contribution is -0.142. The number of hydrogen-bond acceptors (Lipinski definition) is 5. The number of nitrogens with one attached hydrogen (secondary N) is 3. The van der Waals surface area contributed by atoms with Gasteiger partial charge in [-0.1, -0.05) is 23.7 Å². The molecule has 1 heterocycles. The van der Waals surface area contributed by atoms with Gasteiger partial charge >= 0.3 is 12.0 Å².